The maximum Gasteiger partial charge on any atom is 0.352 e. The maximum absolute atomic E-state index is 15.7. The average Bonchev–Trinajstić information content (AvgIpc) is 3.68. The van der Waals surface area contributed by atoms with E-state index in [1.165, 1.54) is 12.3 Å². The molecule has 0 spiro atoms. The van der Waals surface area contributed by atoms with E-state index in [0.29, 0.717) is 38.4 Å². The number of anilines is 2. The van der Waals surface area contributed by atoms with Crippen LogP contribution in [0.4, 0.5) is 28.4 Å². The van der Waals surface area contributed by atoms with E-state index in [0.717, 1.165) is 43.2 Å². The lowest BCUT2D eigenvalue weighted by atomic mass is 9.95. The number of thiophene rings is 1. The van der Waals surface area contributed by atoms with Gasteiger partial charge in [0.05, 0.1) is 38.0 Å². The lowest BCUT2D eigenvalue weighted by Gasteiger charge is -2.35. The Bertz CT molecular complexity index is 1880. The fourth-order valence-corrected chi connectivity index (χ4v) is 8.40. The number of aromatic nitrogens is 3. The predicted molar refractivity (Wildman–Crippen MR) is 170 cm³/mol. The Morgan fingerprint density at radius 2 is 2.11 bits per heavy atom. The molecule has 0 saturated carbocycles. The molecule has 3 atom stereocenters. The molecule has 3 fully saturated rings. The van der Waals surface area contributed by atoms with Gasteiger partial charge in [0.15, 0.2) is 0 Å². The Morgan fingerprint density at radius 1 is 1.28 bits per heavy atom. The molecule has 7 rings (SSSR count). The lowest BCUT2D eigenvalue weighted by Crippen LogP contribution is -2.50. The minimum atomic E-state index is -4.00. The highest BCUT2D eigenvalue weighted by Gasteiger charge is 2.49. The summed E-state index contributed by atoms with van der Waals surface area (Å²) in [5.74, 6) is -0.289. The number of nitrogens with one attached hydrogen (secondary N) is 1. The topological polar surface area (TPSA) is 116 Å². The van der Waals surface area contributed by atoms with Crippen LogP contribution in [0.5, 0.6) is 6.01 Å². The van der Waals surface area contributed by atoms with E-state index in [9.17, 15) is 14.0 Å². The number of hydrogen-bond donors (Lipinski definition) is 2. The summed E-state index contributed by atoms with van der Waals surface area (Å²) in [7, 11) is 0. The third-order valence-corrected chi connectivity index (χ3v) is 10.7. The molecule has 15 heteroatoms. The molecule has 0 amide bonds. The van der Waals surface area contributed by atoms with Gasteiger partial charge in [-0.2, -0.15) is 24.0 Å². The first kappa shape index (κ1) is 31.1. The van der Waals surface area contributed by atoms with Gasteiger partial charge in [0.1, 0.15) is 35.5 Å². The second kappa shape index (κ2) is 11.6. The van der Waals surface area contributed by atoms with Crippen LogP contribution in [0.15, 0.2) is 18.3 Å². The molecular weight excluding hydrogens is 644 g/mol. The van der Waals surface area contributed by atoms with E-state index >= 15 is 8.78 Å². The van der Waals surface area contributed by atoms with E-state index in [-0.39, 0.29) is 61.5 Å². The Hall–Kier alpha value is -3.51. The smallest absolute Gasteiger partial charge is 0.352 e. The van der Waals surface area contributed by atoms with E-state index in [4.69, 9.17) is 27.1 Å². The van der Waals surface area contributed by atoms with E-state index in [1.54, 1.807) is 0 Å². The predicted octanol–water partition coefficient (Wildman–Crippen LogP) is 5.93. The van der Waals surface area contributed by atoms with Crippen molar-refractivity contribution in [1.82, 2.24) is 25.2 Å². The highest BCUT2D eigenvalue weighted by molar-refractivity contribution is 7.23. The van der Waals surface area contributed by atoms with Gasteiger partial charge in [-0.25, -0.2) is 8.78 Å². The number of nitrogen functional groups attached to an aromatic ring is 1. The molecule has 46 heavy (non-hydrogen) atoms. The van der Waals surface area contributed by atoms with Gasteiger partial charge in [-0.3, -0.25) is 9.88 Å². The second-order valence-electron chi connectivity index (χ2n) is 12.2. The summed E-state index contributed by atoms with van der Waals surface area (Å²) in [6.07, 6.45) is 3.22. The number of pyridine rings is 1. The van der Waals surface area contributed by atoms with Gasteiger partial charge in [-0.05, 0) is 49.5 Å². The lowest BCUT2D eigenvalue weighted by molar-refractivity contribution is 0.0965. The SMILES string of the molecule is CCC1CN(c2nc(OC[C@]34CCCN3C[C@@H](F)C4)nc3c(C(F)(F)Cl)c(-c4ccc(F)c5sc(N)c(C#N)c45)ncc23)CCN1. The molecule has 0 radical (unpaired) electrons. The molecule has 242 valence electrons. The average molecular weight is 675 g/mol. The third-order valence-electron chi connectivity index (χ3n) is 9.45. The zero-order valence-corrected chi connectivity index (χ0v) is 26.5. The van der Waals surface area contributed by atoms with E-state index < -0.39 is 28.5 Å². The largest absolute Gasteiger partial charge is 0.461 e. The summed E-state index contributed by atoms with van der Waals surface area (Å²) >= 11 is 6.70. The van der Waals surface area contributed by atoms with Crippen LogP contribution in [0.3, 0.4) is 0 Å². The number of nitriles is 1. The second-order valence-corrected chi connectivity index (χ2v) is 13.7. The Balaban J connectivity index is 1.44. The quantitative estimate of drug-likeness (QED) is 0.182. The normalized spacial score (nSPS) is 23.7. The number of alkyl halides is 4. The third kappa shape index (κ3) is 5.17. The zero-order valence-electron chi connectivity index (χ0n) is 24.9. The van der Waals surface area contributed by atoms with Crippen molar-refractivity contribution in [1.29, 1.82) is 5.26 Å². The number of rotatable bonds is 7. The van der Waals surface area contributed by atoms with Crippen molar-refractivity contribution in [2.75, 3.05) is 50.0 Å². The van der Waals surface area contributed by atoms with Crippen LogP contribution in [0.25, 0.3) is 32.2 Å². The molecule has 1 aromatic carbocycles. The van der Waals surface area contributed by atoms with Crippen molar-refractivity contribution in [2.45, 2.75) is 55.7 Å². The number of piperazine rings is 1. The van der Waals surface area contributed by atoms with Crippen molar-refractivity contribution in [2.24, 2.45) is 0 Å². The number of fused-ring (bicyclic) bond motifs is 3. The van der Waals surface area contributed by atoms with Crippen molar-refractivity contribution >= 4 is 54.7 Å². The molecule has 6 heterocycles. The summed E-state index contributed by atoms with van der Waals surface area (Å²) < 4.78 is 66.9. The monoisotopic (exact) mass is 674 g/mol. The van der Waals surface area contributed by atoms with Gasteiger partial charge in [0.2, 0.25) is 0 Å². The van der Waals surface area contributed by atoms with Gasteiger partial charge >= 0.3 is 11.4 Å². The number of benzene rings is 1. The summed E-state index contributed by atoms with van der Waals surface area (Å²) in [5, 5.41) is 9.64. The molecule has 0 bridgehead atoms. The maximum atomic E-state index is 15.7. The Kier molecular flexibility index (Phi) is 7.86. The number of ether oxygens (including phenoxy) is 1. The van der Waals surface area contributed by atoms with Crippen molar-refractivity contribution in [3.05, 3.63) is 35.3 Å². The summed E-state index contributed by atoms with van der Waals surface area (Å²) in [5.41, 5.74) is 4.35. The standard InChI is InChI=1S/C31H31ClF4N8OS/c1-2-17-14-43(9-7-39-17)28-20-12-40-24(18-4-5-21(34)26-22(18)19(11-37)27(38)46-26)23(31(32,35)36)25(20)41-29(42-28)45-15-30-6-3-8-44(30)13-16(33)10-30/h4-5,12,16-17,39H,2-3,6-10,13-15,38H2,1H3/t16-,17?,30+/m0/s1. The first-order valence-corrected chi connectivity index (χ1v) is 16.4. The molecule has 3 aliphatic rings. The van der Waals surface area contributed by atoms with E-state index in [2.05, 4.69) is 27.1 Å². The van der Waals surface area contributed by atoms with Crippen LogP contribution in [0.1, 0.15) is 43.7 Å². The first-order chi connectivity index (χ1) is 22.0. The van der Waals surface area contributed by atoms with Crippen molar-refractivity contribution in [3.8, 4) is 23.3 Å². The highest BCUT2D eigenvalue weighted by Crippen LogP contribution is 2.48. The molecule has 3 aromatic heterocycles. The van der Waals surface area contributed by atoms with Crippen LogP contribution < -0.4 is 20.7 Å². The molecular formula is C31H31ClF4N8OS. The molecule has 0 aliphatic carbocycles. The van der Waals surface area contributed by atoms with Crippen LogP contribution in [-0.4, -0.2) is 76.9 Å². The van der Waals surface area contributed by atoms with E-state index in [1.807, 2.05) is 11.0 Å². The summed E-state index contributed by atoms with van der Waals surface area (Å²) in [4.78, 5) is 17.7. The van der Waals surface area contributed by atoms with Crippen LogP contribution in [0, 0.1) is 17.1 Å². The minimum Gasteiger partial charge on any atom is -0.461 e. The summed E-state index contributed by atoms with van der Waals surface area (Å²) in [6.45, 7) is 4.97. The molecule has 9 nitrogen and oxygen atoms in total. The molecule has 1 unspecified atom stereocenters. The van der Waals surface area contributed by atoms with Crippen molar-refractivity contribution in [3.63, 3.8) is 0 Å². The molecule has 3 N–H and O–H groups in total. The fourth-order valence-electron chi connectivity index (χ4n) is 7.27. The van der Waals surface area contributed by atoms with Gasteiger partial charge in [0.25, 0.3) is 0 Å². The first-order valence-electron chi connectivity index (χ1n) is 15.2. The Labute approximate surface area is 271 Å². The highest BCUT2D eigenvalue weighted by atomic mass is 35.5. The number of hydrogen-bond acceptors (Lipinski definition) is 10. The molecule has 3 saturated heterocycles. The van der Waals surface area contributed by atoms with Gasteiger partial charge in [0, 0.05) is 55.8 Å². The number of halogens is 5. The Morgan fingerprint density at radius 3 is 2.87 bits per heavy atom. The minimum absolute atomic E-state index is 0.0397. The van der Waals surface area contributed by atoms with Gasteiger partial charge in [-0.15, -0.1) is 11.3 Å². The van der Waals surface area contributed by atoms with Gasteiger partial charge < -0.3 is 20.7 Å². The number of nitrogens with two attached hydrogens (primary N) is 1. The molecule has 4 aromatic rings. The molecule has 3 aliphatic heterocycles. The number of nitrogens with zero attached hydrogens (tertiary/aromatic N) is 6. The fraction of sp³-hybridized carbons (Fsp3) is 0.484. The van der Waals surface area contributed by atoms with Gasteiger partial charge in [-0.1, -0.05) is 6.92 Å². The summed E-state index contributed by atoms with van der Waals surface area (Å²) in [6, 6.07) is 4.37. The van der Waals surface area contributed by atoms with Crippen LogP contribution >= 0.6 is 22.9 Å². The van der Waals surface area contributed by atoms with Crippen LogP contribution in [0.2, 0.25) is 0 Å². The van der Waals surface area contributed by atoms with Crippen molar-refractivity contribution < 1.29 is 22.3 Å². The zero-order chi connectivity index (χ0) is 32.4. The van der Waals surface area contributed by atoms with Crippen LogP contribution in [-0.2, 0) is 5.38 Å².